The second kappa shape index (κ2) is 22.3. The Labute approximate surface area is 345 Å². The molecule has 0 unspecified atom stereocenters. The first-order chi connectivity index (χ1) is 27.6. The molecule has 6 rings (SSSR count). The van der Waals surface area contributed by atoms with Crippen molar-refractivity contribution in [1.82, 2.24) is 0 Å². The van der Waals surface area contributed by atoms with Gasteiger partial charge in [-0.25, -0.2) is 0 Å². The van der Waals surface area contributed by atoms with E-state index in [9.17, 15) is 9.59 Å². The van der Waals surface area contributed by atoms with Crippen LogP contribution in [0.25, 0.3) is 11.1 Å². The first-order valence-electron chi connectivity index (χ1n) is 22.1. The number of anilines is 2. The summed E-state index contributed by atoms with van der Waals surface area (Å²) >= 11 is 3.10. The number of benzene rings is 2. The Morgan fingerprint density at radius 3 is 1.04 bits per heavy atom. The molecule has 2 aliphatic rings. The van der Waals surface area contributed by atoms with Gasteiger partial charge in [0.1, 0.15) is 0 Å². The van der Waals surface area contributed by atoms with Crippen molar-refractivity contribution >= 4 is 57.0 Å². The summed E-state index contributed by atoms with van der Waals surface area (Å²) in [6.07, 6.45) is 28.6. The zero-order chi connectivity index (χ0) is 39.0. The number of thiophene rings is 2. The van der Waals surface area contributed by atoms with Crippen molar-refractivity contribution in [2.75, 3.05) is 9.80 Å². The number of aryl methyl sites for hydroxylation is 2. The molecule has 0 atom stereocenters. The number of hydrogen-bond acceptors (Lipinski definition) is 4. The highest BCUT2D eigenvalue weighted by molar-refractivity contribution is 7.12. The Morgan fingerprint density at radius 2 is 0.732 bits per heavy atom. The zero-order valence-corrected chi connectivity index (χ0v) is 35.8. The number of hydrogen-bond donors (Lipinski definition) is 0. The van der Waals surface area contributed by atoms with E-state index in [-0.39, 0.29) is 11.8 Å². The van der Waals surface area contributed by atoms with E-state index in [0.717, 1.165) is 34.0 Å². The summed E-state index contributed by atoms with van der Waals surface area (Å²) in [5.74, 6) is -0.159. The fraction of sp³-hybridized carbons (Fsp3) is 0.480. The molecule has 0 fully saturated rings. The summed E-state index contributed by atoms with van der Waals surface area (Å²) in [5, 5.41) is 4.02. The topological polar surface area (TPSA) is 40.6 Å². The highest BCUT2D eigenvalue weighted by Gasteiger charge is 2.50. The third kappa shape index (κ3) is 10.8. The maximum absolute atomic E-state index is 14.7. The van der Waals surface area contributed by atoms with Crippen LogP contribution in [-0.4, -0.2) is 11.8 Å². The number of carbonyl (C=O) groups excluding carboxylic acids is 2. The van der Waals surface area contributed by atoms with E-state index in [1.807, 2.05) is 35.0 Å². The molecule has 0 spiro atoms. The molecule has 0 bridgehead atoms. The van der Waals surface area contributed by atoms with Crippen molar-refractivity contribution in [1.29, 1.82) is 0 Å². The van der Waals surface area contributed by atoms with E-state index in [1.54, 1.807) is 32.5 Å². The van der Waals surface area contributed by atoms with Gasteiger partial charge in [0.2, 0.25) is 0 Å². The normalized spacial score (nSPS) is 14.2. The lowest BCUT2D eigenvalue weighted by molar-refractivity contribution is -0.112. The third-order valence-electron chi connectivity index (χ3n) is 11.5. The van der Waals surface area contributed by atoms with Crippen LogP contribution in [0.3, 0.4) is 0 Å². The molecular formula is C50H64N2O2S2. The van der Waals surface area contributed by atoms with Crippen molar-refractivity contribution in [3.05, 3.63) is 116 Å². The van der Waals surface area contributed by atoms with Crippen LogP contribution in [0.2, 0.25) is 0 Å². The van der Waals surface area contributed by atoms with Gasteiger partial charge in [0.05, 0.1) is 22.5 Å². The van der Waals surface area contributed by atoms with E-state index >= 15 is 0 Å². The van der Waals surface area contributed by atoms with E-state index in [2.05, 4.69) is 62.4 Å². The minimum absolute atomic E-state index is 0.0796. The molecule has 2 aliphatic heterocycles. The molecule has 2 amide bonds. The van der Waals surface area contributed by atoms with Crippen LogP contribution >= 0.6 is 22.7 Å². The fourth-order valence-corrected chi connectivity index (χ4v) is 9.86. The molecule has 0 saturated heterocycles. The summed E-state index contributed by atoms with van der Waals surface area (Å²) in [6.45, 7) is 4.55. The lowest BCUT2D eigenvalue weighted by atomic mass is 10.0. The SMILES string of the molecule is CCCCCCCCCCCCc1ccc(N2C(=O)C(c3cccs3)=C3C2=C(c2cccs2)C(=O)N3c2ccc(CCCCCCCCCCCC)cc2)cc1. The molecule has 4 nitrogen and oxygen atoms in total. The Hall–Kier alpha value is -3.74. The van der Waals surface area contributed by atoms with E-state index in [4.69, 9.17) is 0 Å². The highest BCUT2D eigenvalue weighted by Crippen LogP contribution is 2.51. The molecule has 0 radical (unpaired) electrons. The van der Waals surface area contributed by atoms with Gasteiger partial charge in [0, 0.05) is 21.1 Å². The number of amides is 2. The predicted molar refractivity (Wildman–Crippen MR) is 241 cm³/mol. The molecule has 0 N–H and O–H groups in total. The first-order valence-corrected chi connectivity index (χ1v) is 23.8. The molecule has 2 aromatic carbocycles. The van der Waals surface area contributed by atoms with Crippen LogP contribution in [0.5, 0.6) is 0 Å². The van der Waals surface area contributed by atoms with Gasteiger partial charge in [-0.05, 0) is 84.0 Å². The predicted octanol–water partition coefficient (Wildman–Crippen LogP) is 15.0. The van der Waals surface area contributed by atoms with Gasteiger partial charge in [0.15, 0.2) is 0 Å². The standard InChI is InChI=1S/C50H64N2O2S2/c1-3-5-7-9-11-13-15-17-19-21-25-39-29-33-41(34-30-39)51-47-45(43-27-23-37-55-43)50(54)52(48(47)46(49(51)53)44-28-24-38-56-44)42-35-31-40(32-36-42)26-22-20-18-16-14-12-10-8-6-4-2/h23-24,27-38H,3-22,25-26H2,1-2H3. The molecule has 6 heteroatoms. The van der Waals surface area contributed by atoms with Crippen LogP contribution in [0, 0.1) is 0 Å². The first kappa shape index (κ1) is 41.9. The highest BCUT2D eigenvalue weighted by atomic mass is 32.1. The van der Waals surface area contributed by atoms with Crippen LogP contribution < -0.4 is 9.80 Å². The van der Waals surface area contributed by atoms with Gasteiger partial charge in [-0.1, -0.05) is 166 Å². The average molecular weight is 789 g/mol. The number of unbranched alkanes of at least 4 members (excludes halogenated alkanes) is 18. The maximum atomic E-state index is 14.7. The van der Waals surface area contributed by atoms with Crippen LogP contribution in [0.15, 0.2) is 95.0 Å². The van der Waals surface area contributed by atoms with Gasteiger partial charge in [-0.15, -0.1) is 22.7 Å². The van der Waals surface area contributed by atoms with Crippen molar-refractivity contribution in [3.8, 4) is 0 Å². The van der Waals surface area contributed by atoms with Gasteiger partial charge in [-0.2, -0.15) is 0 Å². The molecule has 4 heterocycles. The summed E-state index contributed by atoms with van der Waals surface area (Å²) in [6, 6.07) is 25.0. The van der Waals surface area contributed by atoms with Crippen LogP contribution in [0.4, 0.5) is 11.4 Å². The molecule has 0 aliphatic carbocycles. The quantitative estimate of drug-likeness (QED) is 0.0595. The maximum Gasteiger partial charge on any atom is 0.266 e. The molecule has 2 aromatic heterocycles. The Bertz CT molecular complexity index is 1710. The van der Waals surface area contributed by atoms with Gasteiger partial charge >= 0.3 is 0 Å². The smallest absolute Gasteiger partial charge is 0.266 e. The van der Waals surface area contributed by atoms with Crippen molar-refractivity contribution in [2.45, 2.75) is 155 Å². The van der Waals surface area contributed by atoms with E-state index in [0.29, 0.717) is 22.5 Å². The Kier molecular flexibility index (Phi) is 16.7. The van der Waals surface area contributed by atoms with Crippen LogP contribution in [0.1, 0.15) is 163 Å². The molecule has 0 saturated carbocycles. The lowest BCUT2D eigenvalue weighted by Gasteiger charge is -2.20. The second-order valence-electron chi connectivity index (χ2n) is 15.9. The minimum atomic E-state index is -0.0796. The summed E-state index contributed by atoms with van der Waals surface area (Å²) in [4.78, 5) is 34.8. The molecule has 298 valence electrons. The Balaban J connectivity index is 1.14. The zero-order valence-electron chi connectivity index (χ0n) is 34.2. The van der Waals surface area contributed by atoms with Gasteiger partial charge in [0.25, 0.3) is 11.8 Å². The van der Waals surface area contributed by atoms with Crippen molar-refractivity contribution in [2.24, 2.45) is 0 Å². The van der Waals surface area contributed by atoms with Crippen LogP contribution in [-0.2, 0) is 22.4 Å². The second-order valence-corrected chi connectivity index (χ2v) is 17.8. The van der Waals surface area contributed by atoms with Crippen molar-refractivity contribution in [3.63, 3.8) is 0 Å². The molecule has 4 aromatic rings. The number of carbonyl (C=O) groups is 2. The monoisotopic (exact) mass is 788 g/mol. The summed E-state index contributed by atoms with van der Waals surface area (Å²) < 4.78 is 0. The van der Waals surface area contributed by atoms with Gasteiger partial charge in [-0.3, -0.25) is 19.4 Å². The largest absolute Gasteiger partial charge is 0.274 e. The Morgan fingerprint density at radius 1 is 0.411 bits per heavy atom. The van der Waals surface area contributed by atoms with Crippen molar-refractivity contribution < 1.29 is 9.59 Å². The average Bonchev–Trinajstić information content (AvgIpc) is 4.04. The third-order valence-corrected chi connectivity index (χ3v) is 13.3. The molecule has 56 heavy (non-hydrogen) atoms. The lowest BCUT2D eigenvalue weighted by Crippen LogP contribution is -2.27. The summed E-state index contributed by atoms with van der Waals surface area (Å²) in [7, 11) is 0. The number of fused-ring (bicyclic) bond motifs is 1. The van der Waals surface area contributed by atoms with E-state index in [1.165, 1.54) is 140 Å². The fourth-order valence-electron chi connectivity index (χ4n) is 8.34. The summed E-state index contributed by atoms with van der Waals surface area (Å²) in [5.41, 5.74) is 6.78. The molecular weight excluding hydrogens is 725 g/mol. The van der Waals surface area contributed by atoms with E-state index < -0.39 is 0 Å². The minimum Gasteiger partial charge on any atom is -0.274 e. The van der Waals surface area contributed by atoms with Gasteiger partial charge < -0.3 is 0 Å². The number of nitrogens with zero attached hydrogens (tertiary/aromatic N) is 2. The number of rotatable bonds is 26.